The van der Waals surface area contributed by atoms with Gasteiger partial charge in [0.25, 0.3) is 0 Å². The van der Waals surface area contributed by atoms with Crippen LogP contribution in [0.1, 0.15) is 52.7 Å². The largest absolute Gasteiger partial charge is 0.495 e. The van der Waals surface area contributed by atoms with Crippen LogP contribution in [0.4, 0.5) is 4.39 Å². The lowest BCUT2D eigenvalue weighted by atomic mass is 9.88. The maximum Gasteiger partial charge on any atom is 0.306 e. The van der Waals surface area contributed by atoms with Crippen molar-refractivity contribution in [1.29, 1.82) is 0 Å². The van der Waals surface area contributed by atoms with E-state index in [0.717, 1.165) is 44.6 Å². The predicted molar refractivity (Wildman–Crippen MR) is 152 cm³/mol. The average Bonchev–Trinajstić information content (AvgIpc) is 3.58. The average molecular weight is 555 g/mol. The smallest absolute Gasteiger partial charge is 0.306 e. The molecule has 8 heteroatoms. The van der Waals surface area contributed by atoms with Crippen molar-refractivity contribution in [1.82, 2.24) is 10.2 Å². The minimum Gasteiger partial charge on any atom is -0.495 e. The van der Waals surface area contributed by atoms with Gasteiger partial charge in [-0.25, -0.2) is 4.39 Å². The van der Waals surface area contributed by atoms with E-state index in [0.29, 0.717) is 42.3 Å². The van der Waals surface area contributed by atoms with Crippen LogP contribution in [0.2, 0.25) is 0 Å². The number of methoxy groups -OCH3 is 2. The summed E-state index contributed by atoms with van der Waals surface area (Å²) >= 11 is 0. The second-order valence-electron chi connectivity index (χ2n) is 10.6. The van der Waals surface area contributed by atoms with E-state index in [2.05, 4.69) is 36.2 Å². The van der Waals surface area contributed by atoms with Crippen LogP contribution in [0.3, 0.4) is 0 Å². The third-order valence-corrected chi connectivity index (χ3v) is 8.03. The molecule has 0 fully saturated rings. The highest BCUT2D eigenvalue weighted by atomic mass is 19.1. The van der Waals surface area contributed by atoms with Crippen molar-refractivity contribution in [3.8, 4) is 39.6 Å². The SMILES string of the molecule is COC(=O)CC1COc2cc(O[C@@H]3CCc4c(-c5c(C)cc(-c6cc(OC)cnn6)cc5C)ccc(F)c43)ccc21. The van der Waals surface area contributed by atoms with Crippen molar-refractivity contribution in [3.63, 3.8) is 0 Å². The molecule has 41 heavy (non-hydrogen) atoms. The Hall–Kier alpha value is -4.46. The molecule has 0 amide bonds. The second-order valence-corrected chi connectivity index (χ2v) is 10.6. The molecule has 0 saturated carbocycles. The summed E-state index contributed by atoms with van der Waals surface area (Å²) in [7, 11) is 2.99. The Labute approximate surface area is 238 Å². The highest BCUT2D eigenvalue weighted by molar-refractivity contribution is 5.79. The van der Waals surface area contributed by atoms with Gasteiger partial charge in [-0.2, -0.15) is 10.2 Å². The van der Waals surface area contributed by atoms with E-state index in [4.69, 9.17) is 18.9 Å². The Morgan fingerprint density at radius 1 is 1.05 bits per heavy atom. The quantitative estimate of drug-likeness (QED) is 0.236. The summed E-state index contributed by atoms with van der Waals surface area (Å²) in [5.41, 5.74) is 8.47. The summed E-state index contributed by atoms with van der Waals surface area (Å²) in [6.07, 6.45) is 2.80. The third-order valence-electron chi connectivity index (χ3n) is 8.03. The molecule has 0 bridgehead atoms. The van der Waals surface area contributed by atoms with Gasteiger partial charge in [0.15, 0.2) is 0 Å². The Kier molecular flexibility index (Phi) is 7.07. The number of rotatable bonds is 7. The maximum atomic E-state index is 15.3. The van der Waals surface area contributed by atoms with Crippen molar-refractivity contribution in [2.24, 2.45) is 0 Å². The van der Waals surface area contributed by atoms with Crippen molar-refractivity contribution < 1.29 is 28.1 Å². The number of hydrogen-bond donors (Lipinski definition) is 0. The summed E-state index contributed by atoms with van der Waals surface area (Å²) in [5.74, 6) is 1.37. The van der Waals surface area contributed by atoms with Crippen molar-refractivity contribution >= 4 is 5.97 Å². The molecule has 7 nitrogen and oxygen atoms in total. The fraction of sp³-hybridized carbons (Fsp3) is 0.303. The van der Waals surface area contributed by atoms with Crippen molar-refractivity contribution in [3.05, 3.63) is 88.4 Å². The number of nitrogens with zero attached hydrogens (tertiary/aromatic N) is 2. The van der Waals surface area contributed by atoms with E-state index in [1.807, 2.05) is 30.3 Å². The first-order chi connectivity index (χ1) is 19.9. The molecule has 1 aromatic heterocycles. The fourth-order valence-electron chi connectivity index (χ4n) is 6.11. The molecule has 2 heterocycles. The highest BCUT2D eigenvalue weighted by Crippen LogP contribution is 2.45. The van der Waals surface area contributed by atoms with Gasteiger partial charge in [-0.05, 0) is 78.8 Å². The minimum atomic E-state index is -0.415. The summed E-state index contributed by atoms with van der Waals surface area (Å²) in [6.45, 7) is 4.55. The van der Waals surface area contributed by atoms with E-state index in [9.17, 15) is 4.79 Å². The molecule has 4 aromatic rings. The summed E-state index contributed by atoms with van der Waals surface area (Å²) < 4.78 is 37.7. The van der Waals surface area contributed by atoms with Gasteiger partial charge in [0.2, 0.25) is 0 Å². The van der Waals surface area contributed by atoms with Crippen molar-refractivity contribution in [2.45, 2.75) is 45.1 Å². The molecular formula is C33H31FN2O5. The monoisotopic (exact) mass is 554 g/mol. The zero-order chi connectivity index (χ0) is 28.7. The number of halogens is 1. The number of hydrogen-bond acceptors (Lipinski definition) is 7. The van der Waals surface area contributed by atoms with E-state index < -0.39 is 6.10 Å². The van der Waals surface area contributed by atoms with Gasteiger partial charge in [-0.15, -0.1) is 0 Å². The van der Waals surface area contributed by atoms with Gasteiger partial charge in [0.1, 0.15) is 29.2 Å². The van der Waals surface area contributed by atoms with Gasteiger partial charge >= 0.3 is 5.97 Å². The molecule has 0 N–H and O–H groups in total. The van der Waals surface area contributed by atoms with Gasteiger partial charge in [-0.1, -0.05) is 12.1 Å². The van der Waals surface area contributed by atoms with Gasteiger partial charge in [-0.3, -0.25) is 4.79 Å². The second kappa shape index (κ2) is 10.8. The zero-order valence-electron chi connectivity index (χ0n) is 23.5. The summed E-state index contributed by atoms with van der Waals surface area (Å²) in [4.78, 5) is 11.8. The van der Waals surface area contributed by atoms with Crippen molar-refractivity contribution in [2.75, 3.05) is 20.8 Å². The van der Waals surface area contributed by atoms with Crippen LogP contribution in [0.5, 0.6) is 17.2 Å². The normalized spacial score (nSPS) is 17.0. The molecule has 0 spiro atoms. The van der Waals surface area contributed by atoms with E-state index in [1.165, 1.54) is 7.11 Å². The van der Waals surface area contributed by atoms with Crippen LogP contribution < -0.4 is 14.2 Å². The van der Waals surface area contributed by atoms with Crippen LogP contribution in [0, 0.1) is 19.7 Å². The Morgan fingerprint density at radius 3 is 2.61 bits per heavy atom. The molecule has 1 aliphatic carbocycles. The van der Waals surface area contributed by atoms with E-state index >= 15 is 4.39 Å². The maximum absolute atomic E-state index is 15.3. The molecule has 1 aliphatic heterocycles. The van der Waals surface area contributed by atoms with Gasteiger partial charge in [0, 0.05) is 34.7 Å². The molecule has 1 unspecified atom stereocenters. The van der Waals surface area contributed by atoms with Crippen LogP contribution in [0.25, 0.3) is 22.4 Å². The number of aryl methyl sites for hydroxylation is 2. The molecule has 2 atom stereocenters. The molecule has 2 aliphatic rings. The molecule has 210 valence electrons. The Morgan fingerprint density at radius 2 is 1.85 bits per heavy atom. The fourth-order valence-corrected chi connectivity index (χ4v) is 6.11. The Balaban J connectivity index is 1.29. The summed E-state index contributed by atoms with van der Waals surface area (Å²) in [5, 5.41) is 8.33. The number of fused-ring (bicyclic) bond motifs is 2. The lowest BCUT2D eigenvalue weighted by molar-refractivity contribution is -0.141. The first-order valence-electron chi connectivity index (χ1n) is 13.7. The topological polar surface area (TPSA) is 79.8 Å². The zero-order valence-corrected chi connectivity index (χ0v) is 23.5. The van der Waals surface area contributed by atoms with E-state index in [-0.39, 0.29) is 24.1 Å². The minimum absolute atomic E-state index is 0.0486. The number of ether oxygens (including phenoxy) is 4. The van der Waals surface area contributed by atoms with Crippen LogP contribution in [-0.2, 0) is 16.0 Å². The third kappa shape index (κ3) is 4.99. The standard InChI is InChI=1S/C33H31FN2O5/c1-18-11-20(28-14-23(38-3)16-35-36-28)12-19(2)32(18)25-7-9-27(34)33-26(25)8-10-29(33)41-22-5-6-24-21(13-31(37)39-4)17-40-30(24)15-22/h5-7,9,11-12,14-16,21,29H,8,10,13,17H2,1-4H3/t21?,29-/m1/s1. The lowest BCUT2D eigenvalue weighted by Crippen LogP contribution is -2.09. The predicted octanol–water partition coefficient (Wildman–Crippen LogP) is 6.68. The number of benzene rings is 3. The highest BCUT2D eigenvalue weighted by Gasteiger charge is 2.32. The molecular weight excluding hydrogens is 523 g/mol. The van der Waals surface area contributed by atoms with Gasteiger partial charge < -0.3 is 18.9 Å². The molecule has 0 radical (unpaired) electrons. The summed E-state index contributed by atoms with van der Waals surface area (Å²) in [6, 6.07) is 15.1. The number of carbonyl (C=O) groups excluding carboxylic acids is 1. The lowest BCUT2D eigenvalue weighted by Gasteiger charge is -2.19. The molecule has 6 rings (SSSR count). The van der Waals surface area contributed by atoms with Gasteiger partial charge in [0.05, 0.1) is 39.1 Å². The number of carbonyl (C=O) groups is 1. The van der Waals surface area contributed by atoms with E-state index in [1.54, 1.807) is 19.4 Å². The van der Waals surface area contributed by atoms with Crippen LogP contribution in [0.15, 0.2) is 54.7 Å². The first-order valence-corrected chi connectivity index (χ1v) is 13.7. The molecule has 0 saturated heterocycles. The van der Waals surface area contributed by atoms with Crippen LogP contribution in [-0.4, -0.2) is 37.0 Å². The molecule has 3 aromatic carbocycles. The first kappa shape index (κ1) is 26.7. The number of aromatic nitrogens is 2. The number of esters is 1. The Bertz CT molecular complexity index is 1630. The van der Waals surface area contributed by atoms with Crippen LogP contribution >= 0.6 is 0 Å².